The third kappa shape index (κ3) is 2.51. The normalized spacial score (nSPS) is 10.7. The number of nitrogens with two attached hydrogens (primary N) is 1. The SMILES string of the molecule is Cc1cc(-c2ccnc(N(C)CCN)n2)c(C)o1. The molecule has 0 fully saturated rings. The van der Waals surface area contributed by atoms with Crippen LogP contribution in [-0.4, -0.2) is 30.1 Å². The van der Waals surface area contributed by atoms with Crippen molar-refractivity contribution in [2.75, 3.05) is 25.0 Å². The first-order chi connectivity index (χ1) is 8.61. The van der Waals surface area contributed by atoms with Crippen molar-refractivity contribution >= 4 is 5.95 Å². The molecule has 0 amide bonds. The van der Waals surface area contributed by atoms with Gasteiger partial charge in [0.15, 0.2) is 0 Å². The Balaban J connectivity index is 2.35. The molecule has 0 aliphatic heterocycles. The zero-order valence-corrected chi connectivity index (χ0v) is 11.0. The molecule has 5 nitrogen and oxygen atoms in total. The number of anilines is 1. The molecule has 2 heterocycles. The molecule has 0 saturated carbocycles. The lowest BCUT2D eigenvalue weighted by molar-refractivity contribution is 0.505. The van der Waals surface area contributed by atoms with Gasteiger partial charge < -0.3 is 15.1 Å². The second-order valence-electron chi connectivity index (χ2n) is 4.28. The fourth-order valence-corrected chi connectivity index (χ4v) is 1.86. The monoisotopic (exact) mass is 246 g/mol. The molecular weight excluding hydrogens is 228 g/mol. The van der Waals surface area contributed by atoms with Crippen molar-refractivity contribution < 1.29 is 4.42 Å². The quantitative estimate of drug-likeness (QED) is 0.890. The van der Waals surface area contributed by atoms with Crippen molar-refractivity contribution in [2.24, 2.45) is 5.73 Å². The first-order valence-corrected chi connectivity index (χ1v) is 5.93. The maximum atomic E-state index is 5.53. The lowest BCUT2D eigenvalue weighted by Crippen LogP contribution is -2.26. The minimum absolute atomic E-state index is 0.577. The van der Waals surface area contributed by atoms with Gasteiger partial charge in [0, 0.05) is 31.9 Å². The lowest BCUT2D eigenvalue weighted by Gasteiger charge is -2.15. The van der Waals surface area contributed by atoms with E-state index in [1.165, 1.54) is 0 Å². The Morgan fingerprint density at radius 1 is 1.39 bits per heavy atom. The highest BCUT2D eigenvalue weighted by Gasteiger charge is 2.11. The summed E-state index contributed by atoms with van der Waals surface area (Å²) in [6, 6.07) is 3.88. The average molecular weight is 246 g/mol. The Hall–Kier alpha value is -1.88. The van der Waals surface area contributed by atoms with Crippen molar-refractivity contribution in [3.05, 3.63) is 29.9 Å². The van der Waals surface area contributed by atoms with Gasteiger partial charge in [-0.2, -0.15) is 0 Å². The van der Waals surface area contributed by atoms with Gasteiger partial charge in [0.2, 0.25) is 5.95 Å². The second-order valence-corrected chi connectivity index (χ2v) is 4.28. The highest BCUT2D eigenvalue weighted by molar-refractivity contribution is 5.62. The van der Waals surface area contributed by atoms with Crippen molar-refractivity contribution in [3.63, 3.8) is 0 Å². The molecule has 2 aromatic rings. The van der Waals surface area contributed by atoms with E-state index in [-0.39, 0.29) is 0 Å². The fraction of sp³-hybridized carbons (Fsp3) is 0.385. The summed E-state index contributed by atoms with van der Waals surface area (Å²) in [4.78, 5) is 10.7. The molecule has 0 aliphatic carbocycles. The van der Waals surface area contributed by atoms with Crippen molar-refractivity contribution in [1.82, 2.24) is 9.97 Å². The smallest absolute Gasteiger partial charge is 0.225 e. The van der Waals surface area contributed by atoms with Crippen LogP contribution in [-0.2, 0) is 0 Å². The van der Waals surface area contributed by atoms with Gasteiger partial charge in [-0.25, -0.2) is 9.97 Å². The Bertz CT molecular complexity index is 536. The van der Waals surface area contributed by atoms with Crippen LogP contribution < -0.4 is 10.6 Å². The molecule has 5 heteroatoms. The summed E-state index contributed by atoms with van der Waals surface area (Å²) in [5.41, 5.74) is 7.42. The molecule has 0 spiro atoms. The Morgan fingerprint density at radius 2 is 2.17 bits per heavy atom. The number of rotatable bonds is 4. The first-order valence-electron chi connectivity index (χ1n) is 5.93. The molecular formula is C13H18N4O. The number of likely N-dealkylation sites (N-methyl/N-ethyl adjacent to an activating group) is 1. The molecule has 2 rings (SSSR count). The standard InChI is InChI=1S/C13H18N4O/c1-9-8-11(10(2)18-9)12-4-6-15-13(16-12)17(3)7-5-14/h4,6,8H,5,7,14H2,1-3H3. The first kappa shape index (κ1) is 12.6. The zero-order valence-electron chi connectivity index (χ0n) is 11.0. The van der Waals surface area contributed by atoms with Gasteiger partial charge >= 0.3 is 0 Å². The number of aromatic nitrogens is 2. The van der Waals surface area contributed by atoms with Crippen LogP contribution in [0.5, 0.6) is 0 Å². The minimum Gasteiger partial charge on any atom is -0.466 e. The van der Waals surface area contributed by atoms with E-state index < -0.39 is 0 Å². The van der Waals surface area contributed by atoms with Gasteiger partial charge in [-0.1, -0.05) is 0 Å². The van der Waals surface area contributed by atoms with Crippen LogP contribution in [0.1, 0.15) is 11.5 Å². The summed E-state index contributed by atoms with van der Waals surface area (Å²) in [5, 5.41) is 0. The third-order valence-corrected chi connectivity index (χ3v) is 2.77. The summed E-state index contributed by atoms with van der Waals surface area (Å²) in [7, 11) is 1.93. The molecule has 18 heavy (non-hydrogen) atoms. The van der Waals surface area contributed by atoms with Gasteiger partial charge in [0.1, 0.15) is 11.5 Å². The molecule has 96 valence electrons. The largest absolute Gasteiger partial charge is 0.466 e. The molecule has 0 atom stereocenters. The van der Waals surface area contributed by atoms with E-state index in [4.69, 9.17) is 10.2 Å². The number of furan rings is 1. The van der Waals surface area contributed by atoms with Crippen LogP contribution in [0.4, 0.5) is 5.95 Å². The summed E-state index contributed by atoms with van der Waals surface area (Å²) in [6.07, 6.45) is 1.76. The summed E-state index contributed by atoms with van der Waals surface area (Å²) in [6.45, 7) is 5.17. The van der Waals surface area contributed by atoms with Gasteiger partial charge in [-0.3, -0.25) is 0 Å². The van der Waals surface area contributed by atoms with E-state index in [9.17, 15) is 0 Å². The van der Waals surface area contributed by atoms with Crippen LogP contribution in [0.25, 0.3) is 11.3 Å². The topological polar surface area (TPSA) is 68.2 Å². The highest BCUT2D eigenvalue weighted by Crippen LogP contribution is 2.25. The van der Waals surface area contributed by atoms with Crippen molar-refractivity contribution in [3.8, 4) is 11.3 Å². The maximum Gasteiger partial charge on any atom is 0.225 e. The lowest BCUT2D eigenvalue weighted by atomic mass is 10.2. The summed E-state index contributed by atoms with van der Waals surface area (Å²) < 4.78 is 5.52. The molecule has 2 aromatic heterocycles. The zero-order chi connectivity index (χ0) is 13.1. The van der Waals surface area contributed by atoms with E-state index in [2.05, 4.69) is 9.97 Å². The number of nitrogens with zero attached hydrogens (tertiary/aromatic N) is 3. The van der Waals surface area contributed by atoms with E-state index in [0.29, 0.717) is 12.5 Å². The molecule has 0 saturated heterocycles. The predicted octanol–water partition coefficient (Wildman–Crippen LogP) is 1.75. The predicted molar refractivity (Wildman–Crippen MR) is 71.5 cm³/mol. The molecule has 0 aliphatic rings. The highest BCUT2D eigenvalue weighted by atomic mass is 16.3. The van der Waals surface area contributed by atoms with Crippen LogP contribution in [0.3, 0.4) is 0 Å². The van der Waals surface area contributed by atoms with Crippen LogP contribution in [0.2, 0.25) is 0 Å². The third-order valence-electron chi connectivity index (χ3n) is 2.77. The Labute approximate surface area is 107 Å². The van der Waals surface area contributed by atoms with Gasteiger partial charge in [0.05, 0.1) is 5.69 Å². The fourth-order valence-electron chi connectivity index (χ4n) is 1.86. The summed E-state index contributed by atoms with van der Waals surface area (Å²) >= 11 is 0. The Kier molecular flexibility index (Phi) is 3.62. The van der Waals surface area contributed by atoms with E-state index in [1.807, 2.05) is 37.9 Å². The van der Waals surface area contributed by atoms with Crippen LogP contribution >= 0.6 is 0 Å². The number of hydrogen-bond donors (Lipinski definition) is 1. The summed E-state index contributed by atoms with van der Waals surface area (Å²) in [5.74, 6) is 2.44. The number of hydrogen-bond acceptors (Lipinski definition) is 5. The minimum atomic E-state index is 0.577. The maximum absolute atomic E-state index is 5.53. The molecule has 0 unspecified atom stereocenters. The van der Waals surface area contributed by atoms with Gasteiger partial charge in [-0.05, 0) is 26.0 Å². The van der Waals surface area contributed by atoms with Gasteiger partial charge in [-0.15, -0.1) is 0 Å². The number of aryl methyl sites for hydroxylation is 2. The van der Waals surface area contributed by atoms with Crippen LogP contribution in [0.15, 0.2) is 22.7 Å². The molecule has 0 bridgehead atoms. The van der Waals surface area contributed by atoms with E-state index >= 15 is 0 Å². The van der Waals surface area contributed by atoms with Crippen molar-refractivity contribution in [2.45, 2.75) is 13.8 Å². The molecule has 0 aromatic carbocycles. The van der Waals surface area contributed by atoms with Crippen molar-refractivity contribution in [1.29, 1.82) is 0 Å². The van der Waals surface area contributed by atoms with E-state index in [1.54, 1.807) is 6.20 Å². The average Bonchev–Trinajstić information content (AvgIpc) is 2.69. The van der Waals surface area contributed by atoms with Crippen LogP contribution in [0, 0.1) is 13.8 Å². The Morgan fingerprint density at radius 3 is 2.78 bits per heavy atom. The molecule has 2 N–H and O–H groups in total. The van der Waals surface area contributed by atoms with E-state index in [0.717, 1.165) is 29.3 Å². The molecule has 0 radical (unpaired) electrons. The van der Waals surface area contributed by atoms with Gasteiger partial charge in [0.25, 0.3) is 0 Å². The second kappa shape index (κ2) is 5.18.